The van der Waals surface area contributed by atoms with Gasteiger partial charge >= 0.3 is 0 Å². The number of primary sulfonamides is 1. The van der Waals surface area contributed by atoms with Crippen LogP contribution in [0.4, 0.5) is 11.4 Å². The lowest BCUT2D eigenvalue weighted by Crippen LogP contribution is -2.37. The van der Waals surface area contributed by atoms with Crippen LogP contribution in [-0.4, -0.2) is 46.5 Å². The van der Waals surface area contributed by atoms with Crippen LogP contribution in [0.25, 0.3) is 0 Å². The van der Waals surface area contributed by atoms with Crippen LogP contribution in [0.2, 0.25) is 0 Å². The van der Waals surface area contributed by atoms with Gasteiger partial charge in [0.2, 0.25) is 10.0 Å². The van der Waals surface area contributed by atoms with Crippen LogP contribution in [0.3, 0.4) is 0 Å². The molecule has 1 aromatic carbocycles. The number of hydrogen-bond acceptors (Lipinski definition) is 5. The molecule has 1 aromatic rings. The number of nitrogens with zero attached hydrogens (tertiary/aromatic N) is 2. The maximum Gasteiger partial charge on any atom is 0.240 e. The summed E-state index contributed by atoms with van der Waals surface area (Å²) in [6, 6.07) is 5.41. The molecule has 1 saturated heterocycles. The highest BCUT2D eigenvalue weighted by molar-refractivity contribution is 7.89. The van der Waals surface area contributed by atoms with E-state index in [-0.39, 0.29) is 10.6 Å². The van der Waals surface area contributed by atoms with E-state index in [4.69, 9.17) is 10.9 Å². The lowest BCUT2D eigenvalue weighted by atomic mass is 10.2. The van der Waals surface area contributed by atoms with Crippen molar-refractivity contribution < 1.29 is 8.42 Å². The van der Waals surface area contributed by atoms with Gasteiger partial charge in [0.25, 0.3) is 0 Å². The molecule has 1 atom stereocenters. The number of likely N-dealkylation sites (N-methyl/N-ethyl adjacent to an activating group) is 1. The van der Waals surface area contributed by atoms with Crippen molar-refractivity contribution >= 4 is 21.4 Å². The molecule has 0 aromatic heterocycles. The van der Waals surface area contributed by atoms with Gasteiger partial charge in [-0.15, -0.1) is 0 Å². The molecule has 0 radical (unpaired) electrons. The summed E-state index contributed by atoms with van der Waals surface area (Å²) in [7, 11) is 0.343. The molecule has 0 aliphatic carbocycles. The van der Waals surface area contributed by atoms with Crippen molar-refractivity contribution in [3.63, 3.8) is 0 Å². The number of sulfonamides is 1. The summed E-state index contributed by atoms with van der Waals surface area (Å²) in [5.41, 5.74) is 6.99. The summed E-state index contributed by atoms with van der Waals surface area (Å²) in [4.78, 5) is 4.43. The van der Waals surface area contributed by atoms with Crippen LogP contribution in [-0.2, 0) is 10.0 Å². The molecule has 0 amide bonds. The maximum atomic E-state index is 11.4. The highest BCUT2D eigenvalue weighted by Crippen LogP contribution is 2.29. The van der Waals surface area contributed by atoms with Gasteiger partial charge in [0.1, 0.15) is 4.90 Å². The Morgan fingerprint density at radius 2 is 2.10 bits per heavy atom. The number of nitrogens with two attached hydrogens (primary N) is 2. The summed E-state index contributed by atoms with van der Waals surface area (Å²) >= 11 is 0. The lowest BCUT2D eigenvalue weighted by molar-refractivity contribution is 0.372. The fourth-order valence-electron chi connectivity index (χ4n) is 2.76. The minimum absolute atomic E-state index is 0.00962. The van der Waals surface area contributed by atoms with Gasteiger partial charge in [0.05, 0.1) is 5.69 Å². The first-order valence-electron chi connectivity index (χ1n) is 6.63. The van der Waals surface area contributed by atoms with E-state index in [1.54, 1.807) is 12.1 Å². The zero-order valence-electron chi connectivity index (χ0n) is 11.9. The Hall–Kier alpha value is -1.31. The second-order valence-electron chi connectivity index (χ2n) is 5.52. The van der Waals surface area contributed by atoms with Gasteiger partial charge in [-0.2, -0.15) is 0 Å². The third-order valence-corrected chi connectivity index (χ3v) is 4.57. The number of benzene rings is 1. The third-order valence-electron chi connectivity index (χ3n) is 3.58. The molecule has 7 heteroatoms. The summed E-state index contributed by atoms with van der Waals surface area (Å²) in [5.74, 6) is 0. The molecule has 4 N–H and O–H groups in total. The molecule has 1 unspecified atom stereocenters. The Morgan fingerprint density at radius 1 is 1.40 bits per heavy atom. The van der Waals surface area contributed by atoms with Gasteiger partial charge in [-0.1, -0.05) is 0 Å². The summed E-state index contributed by atoms with van der Waals surface area (Å²) in [5, 5.41) is 5.13. The molecule has 1 aliphatic rings. The maximum absolute atomic E-state index is 11.4. The van der Waals surface area contributed by atoms with Gasteiger partial charge < -0.3 is 15.5 Å². The predicted octanol–water partition coefficient (Wildman–Crippen LogP) is 0.447. The van der Waals surface area contributed by atoms with Crippen LogP contribution < -0.4 is 15.8 Å². The predicted molar refractivity (Wildman–Crippen MR) is 81.1 cm³/mol. The minimum Gasteiger partial charge on any atom is -0.398 e. The fraction of sp³-hybridized carbons (Fsp3) is 0.538. The van der Waals surface area contributed by atoms with E-state index < -0.39 is 10.0 Å². The van der Waals surface area contributed by atoms with Gasteiger partial charge in [-0.05, 0) is 45.1 Å². The molecule has 20 heavy (non-hydrogen) atoms. The van der Waals surface area contributed by atoms with Crippen molar-refractivity contribution in [2.45, 2.75) is 23.8 Å². The lowest BCUT2D eigenvalue weighted by Gasteiger charge is -2.29. The van der Waals surface area contributed by atoms with Crippen molar-refractivity contribution in [2.24, 2.45) is 5.14 Å². The molecule has 112 valence electrons. The second-order valence-corrected chi connectivity index (χ2v) is 7.05. The van der Waals surface area contributed by atoms with Crippen molar-refractivity contribution in [3.8, 4) is 0 Å². The largest absolute Gasteiger partial charge is 0.398 e. The van der Waals surface area contributed by atoms with E-state index in [2.05, 4.69) is 23.9 Å². The van der Waals surface area contributed by atoms with Crippen LogP contribution in [0.5, 0.6) is 0 Å². The molecule has 1 heterocycles. The quantitative estimate of drug-likeness (QED) is 0.787. The van der Waals surface area contributed by atoms with Crippen LogP contribution in [0.1, 0.15) is 12.8 Å². The van der Waals surface area contributed by atoms with Gasteiger partial charge in [0.15, 0.2) is 0 Å². The molecule has 2 rings (SSSR count). The molecule has 1 fully saturated rings. The normalized spacial score (nSPS) is 19.8. The van der Waals surface area contributed by atoms with Crippen LogP contribution in [0.15, 0.2) is 23.1 Å². The monoisotopic (exact) mass is 298 g/mol. The van der Waals surface area contributed by atoms with Crippen LogP contribution in [0, 0.1) is 0 Å². The number of nitrogen functional groups attached to an aromatic ring is 1. The Labute approximate surface area is 120 Å². The molecule has 0 saturated carbocycles. The van der Waals surface area contributed by atoms with E-state index in [1.807, 2.05) is 0 Å². The van der Waals surface area contributed by atoms with Crippen LogP contribution >= 0.6 is 0 Å². The third kappa shape index (κ3) is 3.23. The molecule has 0 spiro atoms. The van der Waals surface area contributed by atoms with E-state index in [0.29, 0.717) is 6.04 Å². The molecule has 1 aliphatic heterocycles. The zero-order chi connectivity index (χ0) is 14.9. The minimum atomic E-state index is -3.76. The Kier molecular flexibility index (Phi) is 4.22. The molecule has 6 nitrogen and oxygen atoms in total. The van der Waals surface area contributed by atoms with E-state index in [9.17, 15) is 8.42 Å². The topological polar surface area (TPSA) is 92.7 Å². The second kappa shape index (κ2) is 5.59. The summed E-state index contributed by atoms with van der Waals surface area (Å²) in [6.45, 7) is 1.93. The standard InChI is InChI=1S/C13H22N4O2S/c1-16(2)9-11-4-3-7-17(11)10-5-6-13(12(14)8-10)20(15,18)19/h5-6,8,11H,3-4,7,9,14H2,1-2H3,(H2,15,18,19). The van der Waals surface area contributed by atoms with Gasteiger partial charge in [-0.25, -0.2) is 13.6 Å². The first-order valence-corrected chi connectivity index (χ1v) is 8.17. The van der Waals surface area contributed by atoms with Crippen molar-refractivity contribution in [1.82, 2.24) is 4.90 Å². The summed E-state index contributed by atoms with van der Waals surface area (Å²) < 4.78 is 22.7. The first kappa shape index (κ1) is 15.1. The SMILES string of the molecule is CN(C)CC1CCCN1c1ccc(S(N)(=O)=O)c(N)c1. The zero-order valence-corrected chi connectivity index (χ0v) is 12.7. The average Bonchev–Trinajstić information content (AvgIpc) is 2.74. The highest BCUT2D eigenvalue weighted by Gasteiger charge is 2.26. The number of anilines is 2. The van der Waals surface area contributed by atoms with E-state index in [1.165, 1.54) is 6.07 Å². The summed E-state index contributed by atoms with van der Waals surface area (Å²) in [6.07, 6.45) is 2.27. The van der Waals surface area contributed by atoms with E-state index in [0.717, 1.165) is 31.6 Å². The molecule has 0 bridgehead atoms. The number of rotatable bonds is 4. The Bertz CT molecular complexity index is 586. The Balaban J connectivity index is 2.27. The Morgan fingerprint density at radius 3 is 2.65 bits per heavy atom. The van der Waals surface area contributed by atoms with Crippen molar-refractivity contribution in [3.05, 3.63) is 18.2 Å². The smallest absolute Gasteiger partial charge is 0.240 e. The fourth-order valence-corrected chi connectivity index (χ4v) is 3.41. The van der Waals surface area contributed by atoms with Gasteiger partial charge in [-0.3, -0.25) is 0 Å². The first-order chi connectivity index (χ1) is 9.29. The van der Waals surface area contributed by atoms with Crippen molar-refractivity contribution in [2.75, 3.05) is 37.8 Å². The molecular weight excluding hydrogens is 276 g/mol. The van der Waals surface area contributed by atoms with E-state index >= 15 is 0 Å². The van der Waals surface area contributed by atoms with Crippen molar-refractivity contribution in [1.29, 1.82) is 0 Å². The molecular formula is C13H22N4O2S. The van der Waals surface area contributed by atoms with Gasteiger partial charge in [0, 0.05) is 24.8 Å². The average molecular weight is 298 g/mol. The number of hydrogen-bond donors (Lipinski definition) is 2. The highest BCUT2D eigenvalue weighted by atomic mass is 32.2.